The number of rotatable bonds is 3. The van der Waals surface area contributed by atoms with Gasteiger partial charge in [0.25, 0.3) is 0 Å². The Morgan fingerprint density at radius 3 is 2.15 bits per heavy atom. The lowest BCUT2D eigenvalue weighted by Gasteiger charge is -2.13. The number of esters is 1. The minimum atomic E-state index is -1.08. The van der Waals surface area contributed by atoms with Gasteiger partial charge in [-0.2, -0.15) is 0 Å². The lowest BCUT2D eigenvalue weighted by molar-refractivity contribution is -0.153. The normalized spacial score (nSPS) is 29.5. The largest absolute Gasteiger partial charge is 0.465 e. The molecule has 1 fully saturated rings. The van der Waals surface area contributed by atoms with Crippen LogP contribution >= 0.6 is 11.6 Å². The fourth-order valence-corrected chi connectivity index (χ4v) is 2.04. The van der Waals surface area contributed by atoms with Crippen molar-refractivity contribution in [1.82, 2.24) is 0 Å². The van der Waals surface area contributed by atoms with Gasteiger partial charge in [-0.15, -0.1) is 0 Å². The lowest BCUT2D eigenvalue weighted by Crippen LogP contribution is -2.29. The standard InChI is InChI=1S/C9H13ClO3/c1-4-13-7(12)9(6(10)11)5-8(9,2)3/h4-5H2,1-3H3. The zero-order valence-corrected chi connectivity index (χ0v) is 8.77. The van der Waals surface area contributed by atoms with Gasteiger partial charge >= 0.3 is 5.97 Å². The van der Waals surface area contributed by atoms with Crippen LogP contribution in [0.3, 0.4) is 0 Å². The highest BCUT2D eigenvalue weighted by Gasteiger charge is 2.72. The third-order valence-corrected chi connectivity index (χ3v) is 3.02. The van der Waals surface area contributed by atoms with Crippen molar-refractivity contribution in [3.8, 4) is 0 Å². The molecule has 4 heteroatoms. The van der Waals surface area contributed by atoms with E-state index in [2.05, 4.69) is 0 Å². The summed E-state index contributed by atoms with van der Waals surface area (Å²) in [7, 11) is 0. The van der Waals surface area contributed by atoms with Crippen molar-refractivity contribution in [3.05, 3.63) is 0 Å². The van der Waals surface area contributed by atoms with Crippen LogP contribution in [-0.2, 0) is 14.3 Å². The molecule has 0 aromatic heterocycles. The van der Waals surface area contributed by atoms with Gasteiger partial charge in [0, 0.05) is 0 Å². The van der Waals surface area contributed by atoms with Gasteiger partial charge in [0.2, 0.25) is 5.24 Å². The molecule has 0 aliphatic heterocycles. The first-order valence-electron chi connectivity index (χ1n) is 4.25. The maximum absolute atomic E-state index is 11.5. The zero-order valence-electron chi connectivity index (χ0n) is 8.02. The average molecular weight is 205 g/mol. The number of hydrogen-bond acceptors (Lipinski definition) is 3. The summed E-state index contributed by atoms with van der Waals surface area (Å²) in [5, 5.41) is -0.601. The predicted molar refractivity (Wildman–Crippen MR) is 48.3 cm³/mol. The summed E-state index contributed by atoms with van der Waals surface area (Å²) in [5.74, 6) is -0.486. The van der Waals surface area contributed by atoms with Crippen molar-refractivity contribution in [3.63, 3.8) is 0 Å². The second-order valence-corrected chi connectivity index (χ2v) is 4.30. The van der Waals surface area contributed by atoms with Crippen LogP contribution in [0.15, 0.2) is 0 Å². The van der Waals surface area contributed by atoms with Gasteiger partial charge < -0.3 is 4.74 Å². The highest BCUT2D eigenvalue weighted by molar-refractivity contribution is 6.67. The predicted octanol–water partition coefficient (Wildman–Crippen LogP) is 1.73. The van der Waals surface area contributed by atoms with Crippen molar-refractivity contribution in [2.45, 2.75) is 27.2 Å². The van der Waals surface area contributed by atoms with Crippen LogP contribution in [0.5, 0.6) is 0 Å². The second kappa shape index (κ2) is 2.98. The van der Waals surface area contributed by atoms with E-state index < -0.39 is 16.6 Å². The first-order valence-corrected chi connectivity index (χ1v) is 4.63. The summed E-state index contributed by atoms with van der Waals surface area (Å²) >= 11 is 5.41. The van der Waals surface area contributed by atoms with Gasteiger partial charge in [0.1, 0.15) is 5.41 Å². The van der Waals surface area contributed by atoms with E-state index >= 15 is 0 Å². The molecule has 0 amide bonds. The smallest absolute Gasteiger partial charge is 0.321 e. The molecule has 3 nitrogen and oxygen atoms in total. The summed E-state index contributed by atoms with van der Waals surface area (Å²) in [4.78, 5) is 22.6. The van der Waals surface area contributed by atoms with Gasteiger partial charge in [-0.25, -0.2) is 0 Å². The highest BCUT2D eigenvalue weighted by atomic mass is 35.5. The average Bonchev–Trinajstić information content (AvgIpc) is 2.56. The van der Waals surface area contributed by atoms with Gasteiger partial charge in [0.15, 0.2) is 0 Å². The Bertz CT molecular complexity index is 260. The maximum atomic E-state index is 11.5. The van der Waals surface area contributed by atoms with Crippen LogP contribution in [0.25, 0.3) is 0 Å². The van der Waals surface area contributed by atoms with Crippen LogP contribution in [0.2, 0.25) is 0 Å². The first-order chi connectivity index (χ1) is 5.88. The number of halogens is 1. The van der Waals surface area contributed by atoms with Crippen molar-refractivity contribution in [2.75, 3.05) is 6.61 Å². The van der Waals surface area contributed by atoms with Crippen molar-refractivity contribution in [2.24, 2.45) is 10.8 Å². The van der Waals surface area contributed by atoms with Crippen molar-refractivity contribution < 1.29 is 14.3 Å². The monoisotopic (exact) mass is 204 g/mol. The molecule has 74 valence electrons. The number of carbonyl (C=O) groups is 2. The Morgan fingerprint density at radius 2 is 1.92 bits per heavy atom. The van der Waals surface area contributed by atoms with E-state index in [0.717, 1.165) is 0 Å². The summed E-state index contributed by atoms with van der Waals surface area (Å²) in [6.45, 7) is 5.66. The SMILES string of the molecule is CCOC(=O)C1(C(=O)Cl)CC1(C)C. The van der Waals surface area contributed by atoms with E-state index in [1.54, 1.807) is 6.92 Å². The zero-order chi connectivity index (χ0) is 10.3. The Labute approximate surface area is 82.4 Å². The molecule has 0 saturated heterocycles. The summed E-state index contributed by atoms with van der Waals surface area (Å²) < 4.78 is 4.82. The van der Waals surface area contributed by atoms with Crippen LogP contribution in [-0.4, -0.2) is 17.8 Å². The van der Waals surface area contributed by atoms with Crippen LogP contribution in [0.4, 0.5) is 0 Å². The summed E-state index contributed by atoms with van der Waals surface area (Å²) in [6, 6.07) is 0. The first kappa shape index (κ1) is 10.5. The van der Waals surface area contributed by atoms with E-state index in [1.165, 1.54) is 0 Å². The van der Waals surface area contributed by atoms with Crippen LogP contribution in [0.1, 0.15) is 27.2 Å². The molecule has 13 heavy (non-hydrogen) atoms. The molecule has 1 saturated carbocycles. The molecule has 0 bridgehead atoms. The molecule has 1 aliphatic carbocycles. The second-order valence-electron chi connectivity index (χ2n) is 3.96. The number of carbonyl (C=O) groups excluding carboxylic acids is 2. The fraction of sp³-hybridized carbons (Fsp3) is 0.778. The molecule has 0 aromatic carbocycles. The molecule has 1 rings (SSSR count). The molecule has 0 heterocycles. The Morgan fingerprint density at radius 1 is 1.46 bits per heavy atom. The van der Waals surface area contributed by atoms with E-state index in [0.29, 0.717) is 6.42 Å². The van der Waals surface area contributed by atoms with E-state index in [-0.39, 0.29) is 12.0 Å². The van der Waals surface area contributed by atoms with Crippen molar-refractivity contribution in [1.29, 1.82) is 0 Å². The van der Waals surface area contributed by atoms with Gasteiger partial charge in [-0.05, 0) is 30.4 Å². The van der Waals surface area contributed by atoms with Gasteiger partial charge in [-0.3, -0.25) is 9.59 Å². The topological polar surface area (TPSA) is 43.4 Å². The third-order valence-electron chi connectivity index (χ3n) is 2.70. The van der Waals surface area contributed by atoms with E-state index in [4.69, 9.17) is 16.3 Å². The molecule has 0 N–H and O–H groups in total. The van der Waals surface area contributed by atoms with E-state index in [1.807, 2.05) is 13.8 Å². The van der Waals surface area contributed by atoms with E-state index in [9.17, 15) is 9.59 Å². The number of ether oxygens (including phenoxy) is 1. The van der Waals surface area contributed by atoms with Gasteiger partial charge in [0.05, 0.1) is 6.61 Å². The van der Waals surface area contributed by atoms with Crippen molar-refractivity contribution >= 4 is 22.8 Å². The van der Waals surface area contributed by atoms with Crippen LogP contribution in [0, 0.1) is 10.8 Å². The molecule has 1 aliphatic rings. The molecular formula is C9H13ClO3. The Hall–Kier alpha value is -0.570. The maximum Gasteiger partial charge on any atom is 0.321 e. The molecular weight excluding hydrogens is 192 g/mol. The minimum absolute atomic E-state index is 0.279. The molecule has 0 radical (unpaired) electrons. The Balaban J connectivity index is 2.85. The molecule has 0 aromatic rings. The molecule has 0 spiro atoms. The Kier molecular flexibility index (Phi) is 2.41. The fourth-order valence-electron chi connectivity index (χ4n) is 1.64. The highest BCUT2D eigenvalue weighted by Crippen LogP contribution is 2.65. The molecule has 1 unspecified atom stereocenters. The minimum Gasteiger partial charge on any atom is -0.465 e. The van der Waals surface area contributed by atoms with Gasteiger partial charge in [-0.1, -0.05) is 13.8 Å². The third kappa shape index (κ3) is 1.35. The summed E-state index contributed by atoms with van der Waals surface area (Å²) in [5.41, 5.74) is -1.43. The molecule has 1 atom stereocenters. The quantitative estimate of drug-likeness (QED) is 0.400. The lowest BCUT2D eigenvalue weighted by atomic mass is 9.97. The number of hydrogen-bond donors (Lipinski definition) is 0. The van der Waals surface area contributed by atoms with Crippen LogP contribution < -0.4 is 0 Å². The summed E-state index contributed by atoms with van der Waals surface area (Å²) in [6.07, 6.45) is 0.487.